The number of hydrogen-bond acceptors (Lipinski definition) is 3. The van der Waals surface area contributed by atoms with Gasteiger partial charge in [0.1, 0.15) is 17.6 Å². The number of ether oxygens (including phenoxy) is 2. The van der Waals surface area contributed by atoms with E-state index in [-0.39, 0.29) is 6.10 Å². The molecule has 2 atom stereocenters. The largest absolute Gasteiger partial charge is 0.497 e. The molecular weight excluding hydrogens is 298 g/mol. The summed E-state index contributed by atoms with van der Waals surface area (Å²) in [6, 6.07) is 19.0. The molecule has 3 heteroatoms. The van der Waals surface area contributed by atoms with Gasteiger partial charge < -0.3 is 14.4 Å². The van der Waals surface area contributed by atoms with Gasteiger partial charge in [0.15, 0.2) is 0 Å². The van der Waals surface area contributed by atoms with Gasteiger partial charge in [0.2, 0.25) is 0 Å². The fourth-order valence-electron chi connectivity index (χ4n) is 3.45. The molecule has 2 unspecified atom stereocenters. The van der Waals surface area contributed by atoms with Crippen LogP contribution in [0.4, 0.5) is 0 Å². The van der Waals surface area contributed by atoms with Gasteiger partial charge in [-0.3, -0.25) is 0 Å². The smallest absolute Gasteiger partial charge is 0.125 e. The highest BCUT2D eigenvalue weighted by Crippen LogP contribution is 2.31. The SMILES string of the molecule is COc1cccc(OC(CC2CCCCN2C)c2ccccc2)c1. The van der Waals surface area contributed by atoms with Crippen LogP contribution >= 0.6 is 0 Å². The van der Waals surface area contributed by atoms with Crippen LogP contribution in [0, 0.1) is 0 Å². The maximum Gasteiger partial charge on any atom is 0.125 e. The van der Waals surface area contributed by atoms with Gasteiger partial charge in [0.25, 0.3) is 0 Å². The zero-order valence-electron chi connectivity index (χ0n) is 14.7. The zero-order valence-corrected chi connectivity index (χ0v) is 14.7. The zero-order chi connectivity index (χ0) is 16.8. The van der Waals surface area contributed by atoms with E-state index in [9.17, 15) is 0 Å². The first-order valence-electron chi connectivity index (χ1n) is 8.82. The van der Waals surface area contributed by atoms with Crippen LogP contribution in [0.25, 0.3) is 0 Å². The summed E-state index contributed by atoms with van der Waals surface area (Å²) in [5, 5.41) is 0. The molecule has 24 heavy (non-hydrogen) atoms. The van der Waals surface area contributed by atoms with Gasteiger partial charge in [-0.15, -0.1) is 0 Å². The molecule has 0 saturated carbocycles. The topological polar surface area (TPSA) is 21.7 Å². The van der Waals surface area contributed by atoms with Gasteiger partial charge in [-0.05, 0) is 44.1 Å². The molecule has 0 aliphatic carbocycles. The van der Waals surface area contributed by atoms with Crippen molar-refractivity contribution >= 4 is 0 Å². The number of nitrogens with zero attached hydrogens (tertiary/aromatic N) is 1. The molecule has 3 nitrogen and oxygen atoms in total. The lowest BCUT2D eigenvalue weighted by atomic mass is 9.94. The van der Waals surface area contributed by atoms with Crippen LogP contribution in [0.1, 0.15) is 37.4 Å². The maximum atomic E-state index is 6.39. The van der Waals surface area contributed by atoms with Crippen molar-refractivity contribution in [2.75, 3.05) is 20.7 Å². The normalized spacial score (nSPS) is 19.7. The van der Waals surface area contributed by atoms with E-state index in [1.807, 2.05) is 24.3 Å². The van der Waals surface area contributed by atoms with E-state index in [1.54, 1.807) is 7.11 Å². The molecule has 128 valence electrons. The molecule has 0 N–H and O–H groups in total. The molecule has 1 aliphatic heterocycles. The van der Waals surface area contributed by atoms with Crippen LogP contribution in [-0.2, 0) is 0 Å². The van der Waals surface area contributed by atoms with E-state index in [4.69, 9.17) is 9.47 Å². The molecule has 2 aromatic carbocycles. The second kappa shape index (κ2) is 8.20. The standard InChI is InChI=1S/C21H27NO2/c1-22-14-7-6-11-18(22)15-21(17-9-4-3-5-10-17)24-20-13-8-12-19(16-20)23-2/h3-5,8-10,12-13,16,18,21H,6-7,11,14-15H2,1-2H3. The number of likely N-dealkylation sites (tertiary alicyclic amines) is 1. The van der Waals surface area contributed by atoms with Crippen LogP contribution in [-0.4, -0.2) is 31.6 Å². The molecule has 3 rings (SSSR count). The number of benzene rings is 2. The molecule has 0 radical (unpaired) electrons. The van der Waals surface area contributed by atoms with Gasteiger partial charge in [-0.1, -0.05) is 42.8 Å². The van der Waals surface area contributed by atoms with Crippen molar-refractivity contribution < 1.29 is 9.47 Å². The van der Waals surface area contributed by atoms with E-state index in [2.05, 4.69) is 42.3 Å². The fourth-order valence-corrected chi connectivity index (χ4v) is 3.45. The van der Waals surface area contributed by atoms with Crippen molar-refractivity contribution in [2.45, 2.75) is 37.8 Å². The molecule has 0 aromatic heterocycles. The third-order valence-corrected chi connectivity index (χ3v) is 4.90. The average molecular weight is 325 g/mol. The van der Waals surface area contributed by atoms with Crippen molar-refractivity contribution in [1.29, 1.82) is 0 Å². The Morgan fingerprint density at radius 1 is 1.04 bits per heavy atom. The van der Waals surface area contributed by atoms with E-state index < -0.39 is 0 Å². The monoisotopic (exact) mass is 325 g/mol. The predicted octanol–water partition coefficient (Wildman–Crippen LogP) is 4.69. The van der Waals surface area contributed by atoms with Crippen LogP contribution in [0.3, 0.4) is 0 Å². The molecule has 1 heterocycles. The molecule has 0 bridgehead atoms. The summed E-state index contributed by atoms with van der Waals surface area (Å²) < 4.78 is 11.7. The lowest BCUT2D eigenvalue weighted by Crippen LogP contribution is -2.37. The quantitative estimate of drug-likeness (QED) is 0.769. The van der Waals surface area contributed by atoms with Gasteiger partial charge in [0, 0.05) is 18.5 Å². The lowest BCUT2D eigenvalue weighted by molar-refractivity contribution is 0.109. The van der Waals surface area contributed by atoms with E-state index in [0.29, 0.717) is 6.04 Å². The summed E-state index contributed by atoms with van der Waals surface area (Å²) in [5.74, 6) is 1.69. The second-order valence-electron chi connectivity index (χ2n) is 6.56. The summed E-state index contributed by atoms with van der Waals surface area (Å²) in [4.78, 5) is 2.48. The minimum atomic E-state index is 0.0591. The van der Waals surface area contributed by atoms with Gasteiger partial charge >= 0.3 is 0 Å². The van der Waals surface area contributed by atoms with Crippen LogP contribution in [0.15, 0.2) is 54.6 Å². The number of rotatable bonds is 6. The molecule has 0 spiro atoms. The number of piperidine rings is 1. The van der Waals surface area contributed by atoms with Crippen LogP contribution < -0.4 is 9.47 Å². The van der Waals surface area contributed by atoms with Crippen molar-refractivity contribution in [2.24, 2.45) is 0 Å². The third-order valence-electron chi connectivity index (χ3n) is 4.90. The van der Waals surface area contributed by atoms with E-state index in [1.165, 1.54) is 31.4 Å². The molecular formula is C21H27NO2. The Bertz CT molecular complexity index is 629. The van der Waals surface area contributed by atoms with E-state index in [0.717, 1.165) is 17.9 Å². The number of hydrogen-bond donors (Lipinski definition) is 0. The summed E-state index contributed by atoms with van der Waals surface area (Å²) in [6.45, 7) is 1.19. The Morgan fingerprint density at radius 3 is 2.58 bits per heavy atom. The van der Waals surface area contributed by atoms with Gasteiger partial charge in [-0.25, -0.2) is 0 Å². The Labute approximate surface area is 145 Å². The Hall–Kier alpha value is -2.00. The van der Waals surface area contributed by atoms with Crippen molar-refractivity contribution in [3.8, 4) is 11.5 Å². The van der Waals surface area contributed by atoms with Crippen molar-refractivity contribution in [3.05, 3.63) is 60.2 Å². The fraction of sp³-hybridized carbons (Fsp3) is 0.429. The minimum Gasteiger partial charge on any atom is -0.497 e. The third kappa shape index (κ3) is 4.30. The molecule has 0 amide bonds. The predicted molar refractivity (Wildman–Crippen MR) is 97.7 cm³/mol. The van der Waals surface area contributed by atoms with Gasteiger partial charge in [0.05, 0.1) is 7.11 Å². The van der Waals surface area contributed by atoms with Crippen LogP contribution in [0.5, 0.6) is 11.5 Å². The highest BCUT2D eigenvalue weighted by atomic mass is 16.5. The minimum absolute atomic E-state index is 0.0591. The number of methoxy groups -OCH3 is 1. The molecule has 1 saturated heterocycles. The second-order valence-corrected chi connectivity index (χ2v) is 6.56. The molecule has 1 fully saturated rings. The first-order valence-corrected chi connectivity index (χ1v) is 8.82. The van der Waals surface area contributed by atoms with Crippen LogP contribution in [0.2, 0.25) is 0 Å². The summed E-state index contributed by atoms with van der Waals surface area (Å²) in [6.07, 6.45) is 4.94. The Kier molecular flexibility index (Phi) is 5.76. The molecule has 2 aromatic rings. The first-order chi connectivity index (χ1) is 11.8. The average Bonchev–Trinajstić information content (AvgIpc) is 2.64. The highest BCUT2D eigenvalue weighted by molar-refractivity contribution is 5.33. The molecule has 1 aliphatic rings. The Morgan fingerprint density at radius 2 is 1.83 bits per heavy atom. The maximum absolute atomic E-state index is 6.39. The summed E-state index contributed by atoms with van der Waals surface area (Å²) >= 11 is 0. The lowest BCUT2D eigenvalue weighted by Gasteiger charge is -2.35. The first kappa shape index (κ1) is 16.8. The summed E-state index contributed by atoms with van der Waals surface area (Å²) in [7, 11) is 3.92. The Balaban J connectivity index is 1.79. The van der Waals surface area contributed by atoms with Crippen molar-refractivity contribution in [3.63, 3.8) is 0 Å². The summed E-state index contributed by atoms with van der Waals surface area (Å²) in [5.41, 5.74) is 1.24. The van der Waals surface area contributed by atoms with Gasteiger partial charge in [-0.2, -0.15) is 0 Å². The van der Waals surface area contributed by atoms with E-state index >= 15 is 0 Å². The van der Waals surface area contributed by atoms with Crippen molar-refractivity contribution in [1.82, 2.24) is 4.90 Å². The highest BCUT2D eigenvalue weighted by Gasteiger charge is 2.25.